The molecule has 9 aromatic rings. The van der Waals surface area contributed by atoms with Crippen LogP contribution in [-0.2, 0) is 11.8 Å². The molecule has 45 heavy (non-hydrogen) atoms. The van der Waals surface area contributed by atoms with Crippen LogP contribution in [-0.4, -0.2) is 14.4 Å². The van der Waals surface area contributed by atoms with E-state index < -0.39 is 6.04 Å². The van der Waals surface area contributed by atoms with Crippen molar-refractivity contribution < 1.29 is 0 Å². The van der Waals surface area contributed by atoms with Gasteiger partial charge in [-0.1, -0.05) is 145 Å². The van der Waals surface area contributed by atoms with Crippen LogP contribution in [0, 0.1) is 0 Å². The average molecular weight is 612 g/mol. The van der Waals surface area contributed by atoms with Crippen molar-refractivity contribution in [1.29, 1.82) is 0 Å². The maximum atomic E-state index is 6.81. The minimum Gasteiger partial charge on any atom is -0.292 e. The van der Waals surface area contributed by atoms with Gasteiger partial charge in [-0.05, 0) is 45.6 Å². The molecule has 0 bridgehead atoms. The predicted molar refractivity (Wildman–Crippen MR) is 195 cm³/mol. The van der Waals surface area contributed by atoms with E-state index in [4.69, 9.17) is 21.8 Å². The van der Waals surface area contributed by atoms with E-state index in [0.717, 1.165) is 65.7 Å². The van der Waals surface area contributed by atoms with Gasteiger partial charge in [0.2, 0.25) is 0 Å². The third-order valence-electron chi connectivity index (χ3n) is 8.81. The molecule has 9 rings (SSSR count). The first-order valence-electron chi connectivity index (χ1n) is 15.0. The molecule has 0 aliphatic rings. The molecule has 0 atom stereocenters. The highest BCUT2D eigenvalue weighted by atomic mass is 32.4. The number of imidazole rings is 1. The van der Waals surface area contributed by atoms with Crippen LogP contribution in [0.5, 0.6) is 0 Å². The molecule has 0 saturated carbocycles. The first kappa shape index (κ1) is 26.3. The van der Waals surface area contributed by atoms with Crippen LogP contribution in [0.4, 0.5) is 0 Å². The Balaban J connectivity index is 1.37. The lowest BCUT2D eigenvalue weighted by Gasteiger charge is -2.25. The fourth-order valence-corrected chi connectivity index (χ4v) is 10.6. The van der Waals surface area contributed by atoms with Gasteiger partial charge in [0, 0.05) is 21.7 Å². The van der Waals surface area contributed by atoms with Crippen LogP contribution in [0.1, 0.15) is 0 Å². The summed E-state index contributed by atoms with van der Waals surface area (Å²) in [6.45, 7) is 0. The molecular formula is C40H26N3PS. The molecule has 0 amide bonds. The molecule has 0 unspecified atom stereocenters. The minimum atomic E-state index is -2.50. The molecule has 0 aliphatic carbocycles. The van der Waals surface area contributed by atoms with E-state index >= 15 is 0 Å². The quantitative estimate of drug-likeness (QED) is 0.147. The third kappa shape index (κ3) is 4.00. The maximum absolute atomic E-state index is 6.81. The summed E-state index contributed by atoms with van der Waals surface area (Å²) in [7, 11) is 0. The summed E-state index contributed by atoms with van der Waals surface area (Å²) in [5.74, 6) is 0. The van der Waals surface area contributed by atoms with E-state index in [-0.39, 0.29) is 0 Å². The number of para-hydroxylation sites is 2. The van der Waals surface area contributed by atoms with Crippen LogP contribution >= 0.6 is 6.04 Å². The van der Waals surface area contributed by atoms with Crippen molar-refractivity contribution in [3.05, 3.63) is 158 Å². The van der Waals surface area contributed by atoms with E-state index in [1.807, 2.05) is 0 Å². The van der Waals surface area contributed by atoms with Gasteiger partial charge in [0.25, 0.3) is 0 Å². The lowest BCUT2D eigenvalue weighted by molar-refractivity contribution is 1.31. The zero-order valence-electron chi connectivity index (χ0n) is 24.2. The van der Waals surface area contributed by atoms with Crippen molar-refractivity contribution in [2.75, 3.05) is 0 Å². The second-order valence-electron chi connectivity index (χ2n) is 11.4. The molecule has 3 heterocycles. The molecule has 212 valence electrons. The lowest BCUT2D eigenvalue weighted by Crippen LogP contribution is -2.27. The van der Waals surface area contributed by atoms with Crippen molar-refractivity contribution in [2.24, 2.45) is 0 Å². The Hall–Kier alpha value is -5.15. The van der Waals surface area contributed by atoms with Gasteiger partial charge in [-0.15, -0.1) is 0 Å². The monoisotopic (exact) mass is 611 g/mol. The molecule has 5 heteroatoms. The van der Waals surface area contributed by atoms with E-state index in [1.165, 1.54) is 10.8 Å². The lowest BCUT2D eigenvalue weighted by atomic mass is 10.0. The molecule has 6 aromatic carbocycles. The largest absolute Gasteiger partial charge is 0.292 e. The van der Waals surface area contributed by atoms with Gasteiger partial charge in [0.05, 0.1) is 33.7 Å². The number of nitrogens with zero attached hydrogens (tertiary/aromatic N) is 3. The van der Waals surface area contributed by atoms with Crippen molar-refractivity contribution in [1.82, 2.24) is 14.4 Å². The summed E-state index contributed by atoms with van der Waals surface area (Å²) >= 11 is 6.81. The summed E-state index contributed by atoms with van der Waals surface area (Å²) in [4.78, 5) is 10.6. The molecule has 3 aromatic heterocycles. The van der Waals surface area contributed by atoms with Crippen molar-refractivity contribution in [3.63, 3.8) is 0 Å². The summed E-state index contributed by atoms with van der Waals surface area (Å²) < 4.78 is 2.30. The van der Waals surface area contributed by atoms with Crippen molar-refractivity contribution in [3.8, 4) is 11.3 Å². The fraction of sp³-hybridized carbons (Fsp3) is 0. The summed E-state index contributed by atoms with van der Waals surface area (Å²) in [5.41, 5.74) is 7.09. The van der Waals surface area contributed by atoms with Gasteiger partial charge in [-0.25, -0.2) is 9.97 Å². The average Bonchev–Trinajstić information content (AvgIpc) is 3.52. The number of aromatic nitrogens is 3. The highest BCUT2D eigenvalue weighted by Crippen LogP contribution is 2.45. The van der Waals surface area contributed by atoms with Crippen LogP contribution in [0.3, 0.4) is 0 Å². The Labute approximate surface area is 265 Å². The fourth-order valence-electron chi connectivity index (χ4n) is 6.71. The summed E-state index contributed by atoms with van der Waals surface area (Å²) in [6, 6.07) is 53.0. The number of benzene rings is 6. The Morgan fingerprint density at radius 1 is 0.489 bits per heavy atom. The van der Waals surface area contributed by atoms with Gasteiger partial charge in [-0.2, -0.15) is 0 Å². The van der Waals surface area contributed by atoms with Crippen molar-refractivity contribution in [2.45, 2.75) is 0 Å². The molecule has 0 aliphatic heterocycles. The number of hydrogen-bond donors (Lipinski definition) is 0. The first-order valence-corrected chi connectivity index (χ1v) is 17.8. The number of pyridine rings is 2. The summed E-state index contributed by atoms with van der Waals surface area (Å²) in [5, 5.41) is 8.03. The van der Waals surface area contributed by atoms with Crippen molar-refractivity contribution >= 4 is 83.0 Å². The van der Waals surface area contributed by atoms with E-state index in [2.05, 4.69) is 162 Å². The summed E-state index contributed by atoms with van der Waals surface area (Å²) in [6.07, 6.45) is 0. The second-order valence-corrected chi connectivity index (χ2v) is 15.7. The van der Waals surface area contributed by atoms with Gasteiger partial charge in [0.1, 0.15) is 5.65 Å². The Morgan fingerprint density at radius 3 is 1.87 bits per heavy atom. The van der Waals surface area contributed by atoms with Gasteiger partial charge >= 0.3 is 0 Å². The highest BCUT2D eigenvalue weighted by molar-refractivity contribution is 8.25. The van der Waals surface area contributed by atoms with Gasteiger partial charge in [0.15, 0.2) is 0 Å². The standard InChI is InChI=1S/C40H26N3PS/c45-44(29-14-3-1-4-15-29,30-16-5-2-6-17-30)40-31-18-8-7-13-27(31)25-36(42-40)28-23-24-33-32-19-9-10-20-34(32)39-41-35-21-11-12-22-37(35)43(39)38(33)26-28/h1-26H. The molecule has 0 radical (unpaired) electrons. The van der Waals surface area contributed by atoms with Crippen LogP contribution in [0.2, 0.25) is 0 Å². The number of rotatable bonds is 4. The zero-order chi connectivity index (χ0) is 30.0. The topological polar surface area (TPSA) is 30.2 Å². The second kappa shape index (κ2) is 10.2. The van der Waals surface area contributed by atoms with Crippen LogP contribution in [0.25, 0.3) is 60.4 Å². The van der Waals surface area contributed by atoms with E-state index in [0.29, 0.717) is 0 Å². The molecular weight excluding hydrogens is 586 g/mol. The number of fused-ring (bicyclic) bond motifs is 9. The van der Waals surface area contributed by atoms with Crippen LogP contribution < -0.4 is 16.0 Å². The Morgan fingerprint density at radius 2 is 1.11 bits per heavy atom. The molecule has 0 spiro atoms. The number of hydrogen-bond acceptors (Lipinski definition) is 3. The van der Waals surface area contributed by atoms with E-state index in [9.17, 15) is 0 Å². The minimum absolute atomic E-state index is 0.914. The molecule has 0 saturated heterocycles. The Kier molecular flexibility index (Phi) is 5.96. The third-order valence-corrected chi connectivity index (χ3v) is 13.6. The first-order chi connectivity index (χ1) is 22.2. The molecule has 0 fully saturated rings. The smallest absolute Gasteiger partial charge is 0.146 e. The molecule has 3 nitrogen and oxygen atoms in total. The van der Waals surface area contributed by atoms with Gasteiger partial charge < -0.3 is 0 Å². The van der Waals surface area contributed by atoms with Crippen LogP contribution in [0.15, 0.2) is 158 Å². The molecule has 0 N–H and O–H groups in total. The zero-order valence-corrected chi connectivity index (χ0v) is 25.9. The maximum Gasteiger partial charge on any atom is 0.146 e. The predicted octanol–water partition coefficient (Wildman–Crippen LogP) is 8.76. The van der Waals surface area contributed by atoms with Gasteiger partial charge in [-0.3, -0.25) is 4.40 Å². The normalized spacial score (nSPS) is 12.1. The van der Waals surface area contributed by atoms with E-state index in [1.54, 1.807) is 0 Å². The SMILES string of the molecule is S=P(c1ccccc1)(c1ccccc1)c1nc(-c2ccc3c4ccccc4c4nc5ccccc5n4c3c2)cc2ccccc12. The highest BCUT2D eigenvalue weighted by Gasteiger charge is 2.29. The Bertz CT molecular complexity index is 2580.